The zero-order valence-electron chi connectivity index (χ0n) is 9.63. The van der Waals surface area contributed by atoms with Crippen LogP contribution in [-0.4, -0.2) is 25.0 Å². The summed E-state index contributed by atoms with van der Waals surface area (Å²) in [7, 11) is 1.96. The molecule has 1 aromatic carbocycles. The van der Waals surface area contributed by atoms with Crippen molar-refractivity contribution in [3.63, 3.8) is 0 Å². The summed E-state index contributed by atoms with van der Waals surface area (Å²) >= 11 is 0. The fourth-order valence-electron chi connectivity index (χ4n) is 1.68. The Morgan fingerprint density at radius 1 is 1.47 bits per heavy atom. The molecule has 1 atom stereocenters. The highest BCUT2D eigenvalue weighted by Gasteiger charge is 2.17. The van der Waals surface area contributed by atoms with Crippen LogP contribution >= 0.6 is 0 Å². The number of benzene rings is 1. The summed E-state index contributed by atoms with van der Waals surface area (Å²) < 4.78 is 13.6. The molecule has 0 aliphatic heterocycles. The van der Waals surface area contributed by atoms with E-state index < -0.39 is 0 Å². The minimum atomic E-state index is -0.170. The molecule has 0 bridgehead atoms. The number of likely N-dealkylation sites (N-methyl/N-ethyl adjacent to an activating group) is 1. The van der Waals surface area contributed by atoms with E-state index in [1.54, 1.807) is 6.07 Å². The molecule has 0 fully saturated rings. The van der Waals surface area contributed by atoms with Crippen molar-refractivity contribution < 1.29 is 4.39 Å². The quantitative estimate of drug-likeness (QED) is 0.824. The van der Waals surface area contributed by atoms with Gasteiger partial charge in [-0.3, -0.25) is 4.90 Å². The first kappa shape index (κ1) is 12.1. The number of nitrogens with zero attached hydrogens (tertiary/aromatic N) is 1. The molecule has 0 aromatic heterocycles. The number of aryl methyl sites for hydroxylation is 1. The minimum Gasteiger partial charge on any atom is -0.329 e. The van der Waals surface area contributed by atoms with E-state index >= 15 is 0 Å². The van der Waals surface area contributed by atoms with Crippen molar-refractivity contribution in [2.24, 2.45) is 5.73 Å². The SMILES string of the molecule is CCN(C)C(CN)c1cc(C)ccc1F. The Balaban J connectivity index is 3.05. The molecule has 0 aliphatic rings. The molecule has 0 saturated carbocycles. The predicted octanol–water partition coefficient (Wildman–Crippen LogP) is 2.09. The topological polar surface area (TPSA) is 29.3 Å². The lowest BCUT2D eigenvalue weighted by atomic mass is 10.0. The summed E-state index contributed by atoms with van der Waals surface area (Å²) in [6, 6.07) is 5.13. The fourth-order valence-corrected chi connectivity index (χ4v) is 1.68. The van der Waals surface area contributed by atoms with E-state index in [1.165, 1.54) is 6.07 Å². The summed E-state index contributed by atoms with van der Waals surface area (Å²) in [5.74, 6) is -0.170. The average Bonchev–Trinajstić information content (AvgIpc) is 2.23. The van der Waals surface area contributed by atoms with Crippen LogP contribution < -0.4 is 5.73 Å². The van der Waals surface area contributed by atoms with E-state index in [9.17, 15) is 4.39 Å². The maximum Gasteiger partial charge on any atom is 0.128 e. The minimum absolute atomic E-state index is 0.0325. The highest BCUT2D eigenvalue weighted by molar-refractivity contribution is 5.27. The number of halogens is 1. The Labute approximate surface area is 90.9 Å². The molecule has 84 valence electrons. The van der Waals surface area contributed by atoms with Crippen LogP contribution in [-0.2, 0) is 0 Å². The molecule has 1 unspecified atom stereocenters. The van der Waals surface area contributed by atoms with Crippen LogP contribution in [0.3, 0.4) is 0 Å². The maximum absolute atomic E-state index is 13.6. The van der Waals surface area contributed by atoms with E-state index in [0.29, 0.717) is 12.1 Å². The standard InChI is InChI=1S/C12H19FN2/c1-4-15(3)12(8-14)10-7-9(2)5-6-11(10)13/h5-7,12H,4,8,14H2,1-3H3. The zero-order valence-corrected chi connectivity index (χ0v) is 9.63. The Kier molecular flexibility index (Phi) is 4.24. The van der Waals surface area contributed by atoms with E-state index in [0.717, 1.165) is 12.1 Å². The molecule has 0 spiro atoms. The molecule has 1 aromatic rings. The molecule has 3 heteroatoms. The van der Waals surface area contributed by atoms with Crippen LogP contribution in [0, 0.1) is 12.7 Å². The zero-order chi connectivity index (χ0) is 11.4. The van der Waals surface area contributed by atoms with Gasteiger partial charge in [0.2, 0.25) is 0 Å². The molecule has 0 aliphatic carbocycles. The van der Waals surface area contributed by atoms with Crippen LogP contribution in [0.4, 0.5) is 4.39 Å². The van der Waals surface area contributed by atoms with Crippen molar-refractivity contribution in [3.8, 4) is 0 Å². The first-order chi connectivity index (χ1) is 7.10. The highest BCUT2D eigenvalue weighted by Crippen LogP contribution is 2.22. The van der Waals surface area contributed by atoms with Gasteiger partial charge < -0.3 is 5.73 Å². The Morgan fingerprint density at radius 2 is 2.13 bits per heavy atom. The van der Waals surface area contributed by atoms with Gasteiger partial charge in [-0.2, -0.15) is 0 Å². The van der Waals surface area contributed by atoms with Gasteiger partial charge in [-0.1, -0.05) is 24.6 Å². The second kappa shape index (κ2) is 5.24. The van der Waals surface area contributed by atoms with Gasteiger partial charge in [0.15, 0.2) is 0 Å². The Bertz CT molecular complexity index is 325. The Hall–Kier alpha value is -0.930. The second-order valence-corrected chi connectivity index (χ2v) is 3.85. The van der Waals surface area contributed by atoms with Crippen molar-refractivity contribution in [2.45, 2.75) is 19.9 Å². The fraction of sp³-hybridized carbons (Fsp3) is 0.500. The monoisotopic (exact) mass is 210 g/mol. The van der Waals surface area contributed by atoms with Crippen molar-refractivity contribution >= 4 is 0 Å². The van der Waals surface area contributed by atoms with Crippen molar-refractivity contribution in [1.82, 2.24) is 4.90 Å². The first-order valence-corrected chi connectivity index (χ1v) is 5.26. The normalized spacial score (nSPS) is 13.2. The van der Waals surface area contributed by atoms with Crippen LogP contribution in [0.5, 0.6) is 0 Å². The number of rotatable bonds is 4. The summed E-state index contributed by atoms with van der Waals surface area (Å²) in [5.41, 5.74) is 7.45. The molecule has 0 radical (unpaired) electrons. The summed E-state index contributed by atoms with van der Waals surface area (Å²) in [6.07, 6.45) is 0. The van der Waals surface area contributed by atoms with Gasteiger partial charge in [0.25, 0.3) is 0 Å². The third-order valence-corrected chi connectivity index (χ3v) is 2.76. The van der Waals surface area contributed by atoms with Crippen molar-refractivity contribution in [3.05, 3.63) is 35.1 Å². The van der Waals surface area contributed by atoms with E-state index in [-0.39, 0.29) is 11.9 Å². The highest BCUT2D eigenvalue weighted by atomic mass is 19.1. The van der Waals surface area contributed by atoms with E-state index in [4.69, 9.17) is 5.73 Å². The van der Waals surface area contributed by atoms with E-state index in [2.05, 4.69) is 4.90 Å². The van der Waals surface area contributed by atoms with Crippen LogP contribution in [0.1, 0.15) is 24.1 Å². The number of hydrogen-bond acceptors (Lipinski definition) is 2. The predicted molar refractivity (Wildman–Crippen MR) is 61.2 cm³/mol. The summed E-state index contributed by atoms with van der Waals surface area (Å²) in [6.45, 7) is 5.29. The van der Waals surface area contributed by atoms with Gasteiger partial charge in [0.05, 0.1) is 0 Å². The average molecular weight is 210 g/mol. The molecule has 15 heavy (non-hydrogen) atoms. The van der Waals surface area contributed by atoms with Crippen molar-refractivity contribution in [1.29, 1.82) is 0 Å². The first-order valence-electron chi connectivity index (χ1n) is 5.26. The molecule has 0 saturated heterocycles. The van der Waals surface area contributed by atoms with Crippen LogP contribution in [0.25, 0.3) is 0 Å². The van der Waals surface area contributed by atoms with Gasteiger partial charge >= 0.3 is 0 Å². The largest absolute Gasteiger partial charge is 0.329 e. The molecule has 2 nitrogen and oxygen atoms in total. The smallest absolute Gasteiger partial charge is 0.128 e. The van der Waals surface area contributed by atoms with Gasteiger partial charge in [0, 0.05) is 18.2 Å². The lowest BCUT2D eigenvalue weighted by Gasteiger charge is -2.26. The van der Waals surface area contributed by atoms with Gasteiger partial charge in [0.1, 0.15) is 5.82 Å². The third-order valence-electron chi connectivity index (χ3n) is 2.76. The molecular formula is C12H19FN2. The molecule has 0 amide bonds. The maximum atomic E-state index is 13.6. The lowest BCUT2D eigenvalue weighted by Crippen LogP contribution is -2.31. The molecule has 0 heterocycles. The van der Waals surface area contributed by atoms with E-state index in [1.807, 2.05) is 27.0 Å². The second-order valence-electron chi connectivity index (χ2n) is 3.85. The van der Waals surface area contributed by atoms with Gasteiger partial charge in [-0.05, 0) is 26.6 Å². The third kappa shape index (κ3) is 2.76. The Morgan fingerprint density at radius 3 is 2.67 bits per heavy atom. The molecular weight excluding hydrogens is 191 g/mol. The van der Waals surface area contributed by atoms with Gasteiger partial charge in [-0.25, -0.2) is 4.39 Å². The van der Waals surface area contributed by atoms with Crippen LogP contribution in [0.2, 0.25) is 0 Å². The van der Waals surface area contributed by atoms with Crippen LogP contribution in [0.15, 0.2) is 18.2 Å². The number of hydrogen-bond donors (Lipinski definition) is 1. The molecule has 2 N–H and O–H groups in total. The van der Waals surface area contributed by atoms with Gasteiger partial charge in [-0.15, -0.1) is 0 Å². The lowest BCUT2D eigenvalue weighted by molar-refractivity contribution is 0.257. The molecule has 1 rings (SSSR count). The number of nitrogens with two attached hydrogens (primary N) is 1. The summed E-state index contributed by atoms with van der Waals surface area (Å²) in [4.78, 5) is 2.05. The summed E-state index contributed by atoms with van der Waals surface area (Å²) in [5, 5.41) is 0. The van der Waals surface area contributed by atoms with Crippen molar-refractivity contribution in [2.75, 3.05) is 20.1 Å².